The highest BCUT2D eigenvalue weighted by Crippen LogP contribution is 2.20. The Kier molecular flexibility index (Phi) is 3.78. The molecular weight excluding hydrogens is 232 g/mol. The van der Waals surface area contributed by atoms with Gasteiger partial charge in [0.05, 0.1) is 12.2 Å². The average Bonchev–Trinajstić information content (AvgIpc) is 2.06. The van der Waals surface area contributed by atoms with Crippen molar-refractivity contribution in [1.82, 2.24) is 10.2 Å². The van der Waals surface area contributed by atoms with Gasteiger partial charge >= 0.3 is 0 Å². The second-order valence-corrected chi connectivity index (χ2v) is 3.52. The van der Waals surface area contributed by atoms with Gasteiger partial charge in [-0.25, -0.2) is 0 Å². The monoisotopic (exact) mass is 237 g/mol. The third kappa shape index (κ3) is 3.38. The van der Waals surface area contributed by atoms with Crippen LogP contribution in [-0.4, -0.2) is 16.7 Å². The van der Waals surface area contributed by atoms with Crippen LogP contribution in [0.25, 0.3) is 0 Å². The maximum absolute atomic E-state index is 5.71. The van der Waals surface area contributed by atoms with E-state index in [9.17, 15) is 0 Å². The molecule has 0 amide bonds. The molecule has 13 heavy (non-hydrogen) atoms. The Bertz CT molecular complexity index is 327. The fourth-order valence-corrected chi connectivity index (χ4v) is 1.04. The molecule has 0 saturated heterocycles. The van der Waals surface area contributed by atoms with E-state index in [1.54, 1.807) is 6.07 Å². The maximum atomic E-state index is 5.71. The van der Waals surface area contributed by atoms with Crippen LogP contribution in [-0.2, 0) is 0 Å². The zero-order valence-corrected chi connectivity index (χ0v) is 8.79. The van der Waals surface area contributed by atoms with E-state index in [2.05, 4.69) is 22.1 Å². The normalized spacial score (nSPS) is 9.77. The van der Waals surface area contributed by atoms with Crippen molar-refractivity contribution >= 4 is 40.5 Å². The first kappa shape index (κ1) is 10.6. The SMILES string of the molecule is C=C(Cl)CNc1cc(Cl)nnc1Cl. The largest absolute Gasteiger partial charge is 0.377 e. The minimum absolute atomic E-state index is 0.252. The van der Waals surface area contributed by atoms with Crippen LogP contribution < -0.4 is 5.32 Å². The number of hydrogen-bond acceptors (Lipinski definition) is 3. The first-order chi connectivity index (χ1) is 6.09. The zero-order valence-electron chi connectivity index (χ0n) is 6.52. The van der Waals surface area contributed by atoms with E-state index in [4.69, 9.17) is 34.8 Å². The second-order valence-electron chi connectivity index (χ2n) is 2.24. The van der Waals surface area contributed by atoms with Gasteiger partial charge in [-0.05, 0) is 0 Å². The average molecular weight is 239 g/mol. The third-order valence-electron chi connectivity index (χ3n) is 1.19. The Balaban J connectivity index is 2.75. The lowest BCUT2D eigenvalue weighted by atomic mass is 10.4. The minimum Gasteiger partial charge on any atom is -0.377 e. The standard InChI is InChI=1S/C7H6Cl3N3/c1-4(8)3-11-5-2-6(9)12-13-7(5)10/h2H,1,3H2,(H,11,12). The van der Waals surface area contributed by atoms with E-state index in [1.165, 1.54) is 0 Å². The molecule has 0 atom stereocenters. The number of aromatic nitrogens is 2. The summed E-state index contributed by atoms with van der Waals surface area (Å²) in [6.07, 6.45) is 0. The molecule has 0 spiro atoms. The molecule has 1 aromatic heterocycles. The Hall–Kier alpha value is -0.510. The predicted octanol–water partition coefficient (Wildman–Crippen LogP) is 2.95. The van der Waals surface area contributed by atoms with Crippen molar-refractivity contribution in [2.45, 2.75) is 0 Å². The molecule has 1 N–H and O–H groups in total. The van der Waals surface area contributed by atoms with E-state index < -0.39 is 0 Å². The molecule has 0 unspecified atom stereocenters. The van der Waals surface area contributed by atoms with Crippen LogP contribution in [0, 0.1) is 0 Å². The molecule has 1 aromatic rings. The lowest BCUT2D eigenvalue weighted by molar-refractivity contribution is 1.03. The molecule has 1 heterocycles. The molecule has 0 fully saturated rings. The number of nitrogens with one attached hydrogen (secondary N) is 1. The molecule has 0 radical (unpaired) electrons. The summed E-state index contributed by atoms with van der Waals surface area (Å²) in [7, 11) is 0. The van der Waals surface area contributed by atoms with E-state index in [1.807, 2.05) is 0 Å². The Morgan fingerprint density at radius 3 is 2.77 bits per heavy atom. The van der Waals surface area contributed by atoms with Crippen LogP contribution in [0.1, 0.15) is 0 Å². The van der Waals surface area contributed by atoms with Crippen molar-refractivity contribution < 1.29 is 0 Å². The van der Waals surface area contributed by atoms with Crippen LogP contribution in [0.15, 0.2) is 17.7 Å². The maximum Gasteiger partial charge on any atom is 0.174 e. The number of rotatable bonds is 3. The number of nitrogens with zero attached hydrogens (tertiary/aromatic N) is 2. The smallest absolute Gasteiger partial charge is 0.174 e. The van der Waals surface area contributed by atoms with E-state index in [-0.39, 0.29) is 10.3 Å². The number of halogens is 3. The molecule has 0 bridgehead atoms. The number of anilines is 1. The predicted molar refractivity (Wildman–Crippen MR) is 55.5 cm³/mol. The molecule has 70 valence electrons. The molecule has 0 aliphatic rings. The summed E-state index contributed by atoms with van der Waals surface area (Å²) in [5.74, 6) is 0. The van der Waals surface area contributed by atoms with Gasteiger partial charge in [0.25, 0.3) is 0 Å². The minimum atomic E-state index is 0.252. The van der Waals surface area contributed by atoms with Gasteiger partial charge in [-0.3, -0.25) is 0 Å². The Morgan fingerprint density at radius 1 is 1.46 bits per heavy atom. The number of hydrogen-bond donors (Lipinski definition) is 1. The highest BCUT2D eigenvalue weighted by molar-refractivity contribution is 6.33. The summed E-state index contributed by atoms with van der Waals surface area (Å²) >= 11 is 16.9. The Labute approximate surface area is 90.7 Å². The molecule has 6 heteroatoms. The highest BCUT2D eigenvalue weighted by atomic mass is 35.5. The molecule has 0 aliphatic heterocycles. The summed E-state index contributed by atoms with van der Waals surface area (Å²) in [6, 6.07) is 1.57. The third-order valence-corrected chi connectivity index (χ3v) is 1.79. The van der Waals surface area contributed by atoms with Crippen LogP contribution in [0.5, 0.6) is 0 Å². The lowest BCUT2D eigenvalue weighted by Crippen LogP contribution is -2.02. The topological polar surface area (TPSA) is 37.8 Å². The van der Waals surface area contributed by atoms with Gasteiger partial charge in [0.15, 0.2) is 10.3 Å². The van der Waals surface area contributed by atoms with Gasteiger partial charge in [0.1, 0.15) is 0 Å². The second kappa shape index (κ2) is 4.65. The van der Waals surface area contributed by atoms with Crippen molar-refractivity contribution in [3.8, 4) is 0 Å². The van der Waals surface area contributed by atoms with E-state index >= 15 is 0 Å². The zero-order chi connectivity index (χ0) is 9.84. The lowest BCUT2D eigenvalue weighted by Gasteiger charge is -2.05. The summed E-state index contributed by atoms with van der Waals surface area (Å²) < 4.78 is 0. The summed E-state index contributed by atoms with van der Waals surface area (Å²) in [5.41, 5.74) is 0.587. The van der Waals surface area contributed by atoms with Crippen molar-refractivity contribution in [2.75, 3.05) is 11.9 Å². The highest BCUT2D eigenvalue weighted by Gasteiger charge is 2.02. The molecule has 1 rings (SSSR count). The van der Waals surface area contributed by atoms with Crippen molar-refractivity contribution in [3.63, 3.8) is 0 Å². The van der Waals surface area contributed by atoms with Gasteiger partial charge in [-0.1, -0.05) is 41.4 Å². The van der Waals surface area contributed by atoms with Crippen LogP contribution in [0.4, 0.5) is 5.69 Å². The van der Waals surface area contributed by atoms with Gasteiger partial charge in [0, 0.05) is 11.1 Å². The van der Waals surface area contributed by atoms with Crippen LogP contribution in [0.3, 0.4) is 0 Å². The van der Waals surface area contributed by atoms with Crippen molar-refractivity contribution in [3.05, 3.63) is 28.0 Å². The van der Waals surface area contributed by atoms with Gasteiger partial charge in [0.2, 0.25) is 0 Å². The van der Waals surface area contributed by atoms with E-state index in [0.29, 0.717) is 17.3 Å². The first-order valence-electron chi connectivity index (χ1n) is 3.35. The van der Waals surface area contributed by atoms with Crippen molar-refractivity contribution in [2.24, 2.45) is 0 Å². The Morgan fingerprint density at radius 2 is 2.15 bits per heavy atom. The van der Waals surface area contributed by atoms with E-state index in [0.717, 1.165) is 0 Å². The van der Waals surface area contributed by atoms with Gasteiger partial charge < -0.3 is 5.32 Å². The first-order valence-corrected chi connectivity index (χ1v) is 4.49. The summed E-state index contributed by atoms with van der Waals surface area (Å²) in [4.78, 5) is 0. The molecule has 0 aliphatic carbocycles. The molecule has 3 nitrogen and oxygen atoms in total. The van der Waals surface area contributed by atoms with Crippen LogP contribution in [0.2, 0.25) is 10.3 Å². The molecular formula is C7H6Cl3N3. The molecule has 0 saturated carbocycles. The fourth-order valence-electron chi connectivity index (χ4n) is 0.668. The van der Waals surface area contributed by atoms with Gasteiger partial charge in [-0.2, -0.15) is 0 Å². The van der Waals surface area contributed by atoms with Crippen molar-refractivity contribution in [1.29, 1.82) is 0 Å². The summed E-state index contributed by atoms with van der Waals surface area (Å²) in [5, 5.41) is 11.1. The van der Waals surface area contributed by atoms with Crippen LogP contribution >= 0.6 is 34.8 Å². The fraction of sp³-hybridized carbons (Fsp3) is 0.143. The van der Waals surface area contributed by atoms with Gasteiger partial charge in [-0.15, -0.1) is 10.2 Å². The summed E-state index contributed by atoms with van der Waals surface area (Å²) in [6.45, 7) is 3.92. The quantitative estimate of drug-likeness (QED) is 0.880. The molecule has 0 aromatic carbocycles.